The molecule has 0 aliphatic carbocycles. The Balaban J connectivity index is 2.20. The maximum atomic E-state index is 11.4. The van der Waals surface area contributed by atoms with Crippen molar-refractivity contribution in [2.24, 2.45) is 5.16 Å². The third-order valence-electron chi connectivity index (χ3n) is 2.74. The highest BCUT2D eigenvalue weighted by Gasteiger charge is 2.19. The monoisotopic (exact) mass is 272 g/mol. The van der Waals surface area contributed by atoms with Crippen LogP contribution in [0.5, 0.6) is 0 Å². The fourth-order valence-electron chi connectivity index (χ4n) is 1.89. The van der Waals surface area contributed by atoms with E-state index < -0.39 is 6.09 Å². The number of carbonyl (C=O) groups excluding carboxylic acids is 1. The number of anilines is 1. The van der Waals surface area contributed by atoms with Crippen LogP contribution in [0.25, 0.3) is 0 Å². The first-order valence-corrected chi connectivity index (χ1v) is 6.03. The molecule has 1 aliphatic heterocycles. The van der Waals surface area contributed by atoms with E-state index in [1.54, 1.807) is 18.2 Å². The molecule has 0 bridgehead atoms. The van der Waals surface area contributed by atoms with Gasteiger partial charge in [-0.3, -0.25) is 10.2 Å². The van der Waals surface area contributed by atoms with E-state index >= 15 is 0 Å². The average molecular weight is 273 g/mol. The number of benzene rings is 2. The number of amides is 1. The van der Waals surface area contributed by atoms with Gasteiger partial charge in [0.2, 0.25) is 0 Å². The van der Waals surface area contributed by atoms with Crippen molar-refractivity contribution < 1.29 is 9.63 Å². The molecule has 1 aliphatic rings. The first-order valence-electron chi connectivity index (χ1n) is 5.65. The summed E-state index contributed by atoms with van der Waals surface area (Å²) in [6.07, 6.45) is -0.616. The van der Waals surface area contributed by atoms with E-state index in [4.69, 9.17) is 16.4 Å². The summed E-state index contributed by atoms with van der Waals surface area (Å²) in [5, 5.41) is 7.09. The van der Waals surface area contributed by atoms with E-state index in [0.29, 0.717) is 16.4 Å². The predicted octanol–water partition coefficient (Wildman–Crippen LogP) is 3.65. The van der Waals surface area contributed by atoms with Gasteiger partial charge in [0.15, 0.2) is 0 Å². The van der Waals surface area contributed by atoms with Gasteiger partial charge in [-0.05, 0) is 18.2 Å². The zero-order chi connectivity index (χ0) is 13.2. The molecule has 0 aromatic heterocycles. The van der Waals surface area contributed by atoms with E-state index in [-0.39, 0.29) is 0 Å². The van der Waals surface area contributed by atoms with Gasteiger partial charge in [0, 0.05) is 16.1 Å². The van der Waals surface area contributed by atoms with E-state index in [0.717, 1.165) is 11.1 Å². The molecule has 0 radical (unpaired) electrons. The summed E-state index contributed by atoms with van der Waals surface area (Å²) in [4.78, 5) is 16.2. The van der Waals surface area contributed by atoms with Crippen LogP contribution in [0.2, 0.25) is 5.02 Å². The molecule has 2 aromatic rings. The van der Waals surface area contributed by atoms with Gasteiger partial charge < -0.3 is 0 Å². The van der Waals surface area contributed by atoms with E-state index in [1.807, 2.05) is 30.3 Å². The number of nitrogens with one attached hydrogen (secondary N) is 1. The van der Waals surface area contributed by atoms with Crippen LogP contribution < -0.4 is 5.32 Å². The maximum absolute atomic E-state index is 11.4. The van der Waals surface area contributed by atoms with Crippen molar-refractivity contribution in [3.8, 4) is 0 Å². The van der Waals surface area contributed by atoms with Crippen molar-refractivity contribution in [1.29, 1.82) is 0 Å². The lowest BCUT2D eigenvalue weighted by molar-refractivity contribution is 0.167. The lowest BCUT2D eigenvalue weighted by Crippen LogP contribution is -2.09. The summed E-state index contributed by atoms with van der Waals surface area (Å²) in [7, 11) is 0. The fraction of sp³-hybridized carbons (Fsp3) is 0. The van der Waals surface area contributed by atoms with Crippen LogP contribution in [0, 0.1) is 0 Å². The molecule has 0 saturated heterocycles. The van der Waals surface area contributed by atoms with Crippen molar-refractivity contribution in [3.05, 3.63) is 64.7 Å². The fourth-order valence-corrected chi connectivity index (χ4v) is 2.07. The molecule has 19 heavy (non-hydrogen) atoms. The molecule has 94 valence electrons. The summed E-state index contributed by atoms with van der Waals surface area (Å²) in [5.74, 6) is 0. The Morgan fingerprint density at radius 1 is 1.11 bits per heavy atom. The number of nitrogens with zero attached hydrogens (tertiary/aromatic N) is 1. The molecule has 0 fully saturated rings. The molecule has 0 saturated carbocycles. The Bertz CT molecular complexity index is 668. The second-order valence-corrected chi connectivity index (χ2v) is 4.44. The number of hydrogen-bond acceptors (Lipinski definition) is 3. The minimum atomic E-state index is -0.616. The molecule has 0 unspecified atom stereocenters. The molecular weight excluding hydrogens is 264 g/mol. The number of fused-ring (bicyclic) bond motifs is 1. The van der Waals surface area contributed by atoms with Crippen LogP contribution in [0.3, 0.4) is 0 Å². The van der Waals surface area contributed by atoms with Gasteiger partial charge in [-0.1, -0.05) is 47.1 Å². The maximum Gasteiger partial charge on any atom is 0.437 e. The zero-order valence-electron chi connectivity index (χ0n) is 9.76. The number of carbonyl (C=O) groups is 1. The minimum Gasteiger partial charge on any atom is -0.297 e. The SMILES string of the molecule is O=C1Nc2ccc(Cl)cc2C(c2ccccc2)=NO1. The van der Waals surface area contributed by atoms with Gasteiger partial charge >= 0.3 is 6.09 Å². The second kappa shape index (κ2) is 4.74. The zero-order valence-corrected chi connectivity index (χ0v) is 10.5. The molecule has 1 amide bonds. The summed E-state index contributed by atoms with van der Waals surface area (Å²) >= 11 is 6.01. The normalized spacial score (nSPS) is 13.7. The number of rotatable bonds is 1. The van der Waals surface area contributed by atoms with E-state index in [1.165, 1.54) is 0 Å². The van der Waals surface area contributed by atoms with Gasteiger partial charge in [-0.2, -0.15) is 0 Å². The first-order chi connectivity index (χ1) is 9.24. The lowest BCUT2D eigenvalue weighted by Gasteiger charge is -2.08. The van der Waals surface area contributed by atoms with Crippen LogP contribution in [-0.2, 0) is 4.84 Å². The van der Waals surface area contributed by atoms with Crippen molar-refractivity contribution >= 4 is 29.1 Å². The largest absolute Gasteiger partial charge is 0.437 e. The van der Waals surface area contributed by atoms with E-state index in [2.05, 4.69) is 10.5 Å². The quantitative estimate of drug-likeness (QED) is 0.806. The number of hydrogen-bond donors (Lipinski definition) is 1. The molecular formula is C14H9ClN2O2. The third kappa shape index (κ3) is 2.30. The molecule has 5 heteroatoms. The van der Waals surface area contributed by atoms with E-state index in [9.17, 15) is 4.79 Å². The molecule has 4 nitrogen and oxygen atoms in total. The summed E-state index contributed by atoms with van der Waals surface area (Å²) in [6, 6.07) is 14.6. The summed E-state index contributed by atoms with van der Waals surface area (Å²) in [6.45, 7) is 0. The molecule has 0 atom stereocenters. The van der Waals surface area contributed by atoms with Gasteiger partial charge in [-0.15, -0.1) is 0 Å². The first kappa shape index (κ1) is 11.7. The number of halogens is 1. The van der Waals surface area contributed by atoms with Crippen LogP contribution in [0.15, 0.2) is 53.7 Å². The van der Waals surface area contributed by atoms with Crippen molar-refractivity contribution in [2.75, 3.05) is 5.32 Å². The Morgan fingerprint density at radius 2 is 1.89 bits per heavy atom. The van der Waals surface area contributed by atoms with Crippen molar-refractivity contribution in [3.63, 3.8) is 0 Å². The van der Waals surface area contributed by atoms with Gasteiger partial charge in [0.1, 0.15) is 5.71 Å². The number of oxime groups is 1. The Labute approximate surface area is 114 Å². The Hall–Kier alpha value is -2.33. The third-order valence-corrected chi connectivity index (χ3v) is 2.98. The molecule has 1 heterocycles. The minimum absolute atomic E-state index is 0.566. The molecule has 3 rings (SSSR count). The van der Waals surface area contributed by atoms with Gasteiger partial charge in [-0.25, -0.2) is 4.79 Å². The highest BCUT2D eigenvalue weighted by Crippen LogP contribution is 2.26. The Morgan fingerprint density at radius 3 is 2.68 bits per heavy atom. The average Bonchev–Trinajstić information content (AvgIpc) is 2.58. The Kier molecular flexibility index (Phi) is 2.93. The predicted molar refractivity (Wildman–Crippen MR) is 73.6 cm³/mol. The van der Waals surface area contributed by atoms with Gasteiger partial charge in [0.25, 0.3) is 0 Å². The topological polar surface area (TPSA) is 50.7 Å². The summed E-state index contributed by atoms with van der Waals surface area (Å²) < 4.78 is 0. The van der Waals surface area contributed by atoms with Crippen LogP contribution >= 0.6 is 11.6 Å². The van der Waals surface area contributed by atoms with Crippen molar-refractivity contribution in [2.45, 2.75) is 0 Å². The highest BCUT2D eigenvalue weighted by atomic mass is 35.5. The standard InChI is InChI=1S/C14H9ClN2O2/c15-10-6-7-12-11(8-10)13(17-19-14(18)16-12)9-4-2-1-3-5-9/h1-8H,(H,16,18). The molecule has 1 N–H and O–H groups in total. The smallest absolute Gasteiger partial charge is 0.297 e. The summed E-state index contributed by atoms with van der Waals surface area (Å²) in [5.41, 5.74) is 2.76. The second-order valence-electron chi connectivity index (χ2n) is 4.00. The van der Waals surface area contributed by atoms with Crippen LogP contribution in [0.1, 0.15) is 11.1 Å². The van der Waals surface area contributed by atoms with Gasteiger partial charge in [0.05, 0.1) is 5.69 Å². The molecule has 2 aromatic carbocycles. The lowest BCUT2D eigenvalue weighted by atomic mass is 10.0. The van der Waals surface area contributed by atoms with Crippen LogP contribution in [-0.4, -0.2) is 11.8 Å². The van der Waals surface area contributed by atoms with Crippen molar-refractivity contribution in [1.82, 2.24) is 0 Å². The van der Waals surface area contributed by atoms with Crippen LogP contribution in [0.4, 0.5) is 10.5 Å². The molecule has 0 spiro atoms. The highest BCUT2D eigenvalue weighted by molar-refractivity contribution is 6.31.